The first-order valence-electron chi connectivity index (χ1n) is 6.15. The first-order chi connectivity index (χ1) is 9.65. The number of allylic oxidation sites excluding steroid dienone is 3. The molecule has 2 amide bonds. The molecule has 106 valence electrons. The number of carbonyl (C=O) groups excluding carboxylic acids is 2. The summed E-state index contributed by atoms with van der Waals surface area (Å²) >= 11 is 0. The summed E-state index contributed by atoms with van der Waals surface area (Å²) in [5.41, 5.74) is 1.21. The molecule has 1 rings (SSSR count). The molecule has 0 bridgehead atoms. The van der Waals surface area contributed by atoms with E-state index in [-0.39, 0.29) is 18.4 Å². The molecule has 0 saturated carbocycles. The van der Waals surface area contributed by atoms with Crippen LogP contribution in [-0.4, -0.2) is 25.5 Å². The van der Waals surface area contributed by atoms with Crippen molar-refractivity contribution in [1.82, 2.24) is 0 Å². The Morgan fingerprint density at radius 1 is 1.20 bits per heavy atom. The third kappa shape index (κ3) is 5.97. The highest BCUT2D eigenvalue weighted by Gasteiger charge is 2.03. The maximum atomic E-state index is 11.6. The number of carbonyl (C=O) groups is 2. The van der Waals surface area contributed by atoms with Crippen molar-refractivity contribution in [3.63, 3.8) is 0 Å². The van der Waals surface area contributed by atoms with Gasteiger partial charge in [-0.15, -0.1) is 0 Å². The van der Waals surface area contributed by atoms with Crippen LogP contribution in [0.15, 0.2) is 48.6 Å². The number of benzene rings is 1. The zero-order valence-electron chi connectivity index (χ0n) is 11.6. The van der Waals surface area contributed by atoms with Crippen LogP contribution in [0, 0.1) is 0 Å². The van der Waals surface area contributed by atoms with Crippen molar-refractivity contribution >= 4 is 23.2 Å². The Labute approximate surface area is 118 Å². The second-order valence-electron chi connectivity index (χ2n) is 3.94. The fourth-order valence-electron chi connectivity index (χ4n) is 1.44. The maximum Gasteiger partial charge on any atom is 0.250 e. The van der Waals surface area contributed by atoms with Gasteiger partial charge in [-0.2, -0.15) is 0 Å². The smallest absolute Gasteiger partial charge is 0.250 e. The van der Waals surface area contributed by atoms with Gasteiger partial charge in [0.05, 0.1) is 0 Å². The number of methoxy groups -OCH3 is 1. The van der Waals surface area contributed by atoms with Gasteiger partial charge < -0.3 is 15.4 Å². The van der Waals surface area contributed by atoms with Crippen molar-refractivity contribution in [2.24, 2.45) is 0 Å². The number of amides is 2. The predicted molar refractivity (Wildman–Crippen MR) is 79.5 cm³/mol. The molecule has 1 aromatic rings. The fourth-order valence-corrected chi connectivity index (χ4v) is 1.44. The van der Waals surface area contributed by atoms with Gasteiger partial charge in [-0.05, 0) is 25.1 Å². The van der Waals surface area contributed by atoms with Gasteiger partial charge in [-0.1, -0.05) is 24.3 Å². The lowest BCUT2D eigenvalue weighted by Gasteiger charge is -2.07. The van der Waals surface area contributed by atoms with Crippen LogP contribution < -0.4 is 10.6 Å². The van der Waals surface area contributed by atoms with Crippen LogP contribution in [0.3, 0.4) is 0 Å². The van der Waals surface area contributed by atoms with E-state index in [1.165, 1.54) is 13.2 Å². The summed E-state index contributed by atoms with van der Waals surface area (Å²) < 4.78 is 4.73. The number of hydrogen-bond acceptors (Lipinski definition) is 3. The maximum absolute atomic E-state index is 11.6. The highest BCUT2D eigenvalue weighted by Crippen LogP contribution is 2.15. The fraction of sp³-hybridized carbons (Fsp3) is 0.200. The molecule has 5 heteroatoms. The molecule has 0 spiro atoms. The second-order valence-corrected chi connectivity index (χ2v) is 3.94. The Morgan fingerprint density at radius 2 is 1.90 bits per heavy atom. The third-order valence-electron chi connectivity index (χ3n) is 2.24. The highest BCUT2D eigenvalue weighted by atomic mass is 16.5. The lowest BCUT2D eigenvalue weighted by Crippen LogP contribution is -2.17. The lowest BCUT2D eigenvalue weighted by molar-refractivity contribution is -0.119. The van der Waals surface area contributed by atoms with E-state index in [9.17, 15) is 9.59 Å². The molecule has 5 nitrogen and oxygen atoms in total. The van der Waals surface area contributed by atoms with Crippen molar-refractivity contribution in [3.8, 4) is 0 Å². The Balaban J connectivity index is 2.63. The average Bonchev–Trinajstić information content (AvgIpc) is 2.39. The van der Waals surface area contributed by atoms with Crippen molar-refractivity contribution < 1.29 is 14.3 Å². The van der Waals surface area contributed by atoms with Crippen molar-refractivity contribution in [2.75, 3.05) is 24.4 Å². The van der Waals surface area contributed by atoms with E-state index in [1.807, 2.05) is 13.0 Å². The molecule has 0 aliphatic rings. The lowest BCUT2D eigenvalue weighted by atomic mass is 10.2. The predicted octanol–water partition coefficient (Wildman–Crippen LogP) is 2.34. The quantitative estimate of drug-likeness (QED) is 0.618. The Bertz CT molecular complexity index is 522. The number of ether oxygens (including phenoxy) is 1. The van der Waals surface area contributed by atoms with Crippen molar-refractivity contribution in [3.05, 3.63) is 48.6 Å². The van der Waals surface area contributed by atoms with Crippen molar-refractivity contribution in [2.45, 2.75) is 6.92 Å². The van der Waals surface area contributed by atoms with Gasteiger partial charge in [0.2, 0.25) is 11.8 Å². The molecule has 0 unspecified atom stereocenters. The molecule has 2 N–H and O–H groups in total. The average molecular weight is 274 g/mol. The van der Waals surface area contributed by atoms with Gasteiger partial charge in [-0.25, -0.2) is 0 Å². The molecule has 0 aliphatic carbocycles. The zero-order chi connectivity index (χ0) is 14.8. The minimum atomic E-state index is -0.246. The summed E-state index contributed by atoms with van der Waals surface area (Å²) in [6, 6.07) is 6.90. The largest absolute Gasteiger partial charge is 0.375 e. The topological polar surface area (TPSA) is 67.4 Å². The molecule has 0 aliphatic heterocycles. The van der Waals surface area contributed by atoms with Gasteiger partial charge in [-0.3, -0.25) is 9.59 Å². The summed E-state index contributed by atoms with van der Waals surface area (Å²) in [6.45, 7) is 1.86. The van der Waals surface area contributed by atoms with E-state index in [2.05, 4.69) is 10.6 Å². The molecule has 20 heavy (non-hydrogen) atoms. The molecule has 1 aromatic carbocycles. The molecule has 0 fully saturated rings. The van der Waals surface area contributed by atoms with Gasteiger partial charge in [0.25, 0.3) is 0 Å². The first kappa shape index (κ1) is 15.7. The zero-order valence-corrected chi connectivity index (χ0v) is 11.6. The SMILES string of the molecule is C/C=C/C=C/C(=O)Nc1cccc(NC(=O)COC)c1. The second kappa shape index (κ2) is 8.66. The van der Waals surface area contributed by atoms with E-state index in [0.717, 1.165) is 0 Å². The van der Waals surface area contributed by atoms with Crippen LogP contribution >= 0.6 is 0 Å². The Hall–Kier alpha value is -2.40. The number of anilines is 2. The van der Waals surface area contributed by atoms with Crippen molar-refractivity contribution in [1.29, 1.82) is 0 Å². The van der Waals surface area contributed by atoms with Gasteiger partial charge in [0.15, 0.2) is 0 Å². The minimum absolute atomic E-state index is 0.0112. The van der Waals surface area contributed by atoms with Crippen LogP contribution in [0.25, 0.3) is 0 Å². The Morgan fingerprint density at radius 3 is 2.55 bits per heavy atom. The summed E-state index contributed by atoms with van der Waals surface area (Å²) in [6.07, 6.45) is 6.67. The Kier molecular flexibility index (Phi) is 6.78. The van der Waals surface area contributed by atoms with E-state index < -0.39 is 0 Å². The van der Waals surface area contributed by atoms with E-state index in [0.29, 0.717) is 11.4 Å². The third-order valence-corrected chi connectivity index (χ3v) is 2.24. The molecule has 0 heterocycles. The molecule has 0 radical (unpaired) electrons. The first-order valence-corrected chi connectivity index (χ1v) is 6.15. The summed E-state index contributed by atoms with van der Waals surface area (Å²) in [7, 11) is 1.45. The molecule has 0 saturated heterocycles. The van der Waals surface area contributed by atoms with Gasteiger partial charge in [0, 0.05) is 24.6 Å². The van der Waals surface area contributed by atoms with Crippen LogP contribution in [0.4, 0.5) is 11.4 Å². The van der Waals surface area contributed by atoms with Gasteiger partial charge in [0.1, 0.15) is 6.61 Å². The van der Waals surface area contributed by atoms with E-state index in [4.69, 9.17) is 4.74 Å². The minimum Gasteiger partial charge on any atom is -0.375 e. The molecular weight excluding hydrogens is 256 g/mol. The van der Waals surface area contributed by atoms with E-state index >= 15 is 0 Å². The van der Waals surface area contributed by atoms with Crippen LogP contribution in [-0.2, 0) is 14.3 Å². The summed E-state index contributed by atoms with van der Waals surface area (Å²) in [4.78, 5) is 23.0. The number of hydrogen-bond donors (Lipinski definition) is 2. The van der Waals surface area contributed by atoms with Gasteiger partial charge >= 0.3 is 0 Å². The standard InChI is InChI=1S/C15H18N2O3/c1-3-4-5-9-14(18)16-12-7-6-8-13(10-12)17-15(19)11-20-2/h3-10H,11H2,1-2H3,(H,16,18)(H,17,19)/b4-3+,9-5+. The monoisotopic (exact) mass is 274 g/mol. The summed E-state index contributed by atoms with van der Waals surface area (Å²) in [5, 5.41) is 5.37. The van der Waals surface area contributed by atoms with Crippen LogP contribution in [0.2, 0.25) is 0 Å². The molecular formula is C15H18N2O3. The van der Waals surface area contributed by atoms with Crippen LogP contribution in [0.5, 0.6) is 0 Å². The highest BCUT2D eigenvalue weighted by molar-refractivity contribution is 6.00. The molecule has 0 aromatic heterocycles. The number of nitrogens with one attached hydrogen (secondary N) is 2. The summed E-state index contributed by atoms with van der Waals surface area (Å²) in [5.74, 6) is -0.479. The normalized spacial score (nSPS) is 10.9. The molecule has 0 atom stereocenters. The van der Waals surface area contributed by atoms with E-state index in [1.54, 1.807) is 36.4 Å². The van der Waals surface area contributed by atoms with Crippen LogP contribution in [0.1, 0.15) is 6.92 Å². The number of rotatable bonds is 6.